The summed E-state index contributed by atoms with van der Waals surface area (Å²) in [4.78, 5) is 11.7. The van der Waals surface area contributed by atoms with Crippen molar-refractivity contribution in [1.29, 1.82) is 0 Å². The first-order valence-electron chi connectivity index (χ1n) is 5.02. The van der Waals surface area contributed by atoms with Gasteiger partial charge in [0.1, 0.15) is 0 Å². The number of rotatable bonds is 5. The fraction of sp³-hybridized carbons (Fsp3) is 0.900. The molecule has 0 aliphatic heterocycles. The summed E-state index contributed by atoms with van der Waals surface area (Å²) in [5, 5.41) is 2.97. The van der Waals surface area contributed by atoms with Crippen LogP contribution < -0.4 is 5.32 Å². The smallest absolute Gasteiger partial charge is 0.223 e. The summed E-state index contributed by atoms with van der Waals surface area (Å²) >= 11 is 11.7. The highest BCUT2D eigenvalue weighted by molar-refractivity contribution is 6.22. The maximum atomic E-state index is 11.7. The van der Waals surface area contributed by atoms with Crippen molar-refractivity contribution in [3.05, 3.63) is 0 Å². The van der Waals surface area contributed by atoms with Gasteiger partial charge in [-0.15, -0.1) is 23.2 Å². The summed E-state index contributed by atoms with van der Waals surface area (Å²) in [7, 11) is 0. The summed E-state index contributed by atoms with van der Waals surface area (Å²) in [6.07, 6.45) is 1.77. The maximum Gasteiger partial charge on any atom is 0.223 e. The quantitative estimate of drug-likeness (QED) is 0.732. The highest BCUT2D eigenvalue weighted by atomic mass is 35.5. The van der Waals surface area contributed by atoms with Crippen molar-refractivity contribution >= 4 is 29.1 Å². The fourth-order valence-electron chi connectivity index (χ4n) is 1.42. The number of nitrogens with one attached hydrogen (secondary N) is 1. The van der Waals surface area contributed by atoms with Crippen molar-refractivity contribution in [2.75, 3.05) is 11.8 Å². The molecule has 1 aliphatic rings. The average Bonchev–Trinajstić information content (AvgIpc) is 2.92. The first kappa shape index (κ1) is 12.1. The van der Waals surface area contributed by atoms with Gasteiger partial charge in [-0.3, -0.25) is 4.79 Å². The molecule has 1 saturated carbocycles. The van der Waals surface area contributed by atoms with Crippen LogP contribution in [0.4, 0.5) is 0 Å². The number of halogens is 2. The number of hydrogen-bond acceptors (Lipinski definition) is 1. The summed E-state index contributed by atoms with van der Waals surface area (Å²) < 4.78 is 0. The predicted molar refractivity (Wildman–Crippen MR) is 59.9 cm³/mol. The van der Waals surface area contributed by atoms with Crippen molar-refractivity contribution in [3.8, 4) is 0 Å². The minimum Gasteiger partial charge on any atom is -0.348 e. The zero-order valence-electron chi connectivity index (χ0n) is 8.65. The van der Waals surface area contributed by atoms with Crippen LogP contribution in [0.2, 0.25) is 0 Å². The fourth-order valence-corrected chi connectivity index (χ4v) is 2.22. The monoisotopic (exact) mass is 237 g/mol. The van der Waals surface area contributed by atoms with E-state index in [0.717, 1.165) is 12.8 Å². The maximum absolute atomic E-state index is 11.7. The van der Waals surface area contributed by atoms with Crippen molar-refractivity contribution in [2.45, 2.75) is 32.2 Å². The van der Waals surface area contributed by atoms with Gasteiger partial charge in [-0.2, -0.15) is 0 Å². The van der Waals surface area contributed by atoms with E-state index in [4.69, 9.17) is 23.2 Å². The highest BCUT2D eigenvalue weighted by Crippen LogP contribution is 2.38. The van der Waals surface area contributed by atoms with Gasteiger partial charge in [-0.1, -0.05) is 13.8 Å². The largest absolute Gasteiger partial charge is 0.348 e. The highest BCUT2D eigenvalue weighted by Gasteiger charge is 2.41. The minimum absolute atomic E-state index is 0.112. The number of hydrogen-bond donors (Lipinski definition) is 1. The molecule has 0 heterocycles. The lowest BCUT2D eigenvalue weighted by Crippen LogP contribution is -2.52. The SMILES string of the molecule is CCC(CCl)(CCl)NC(=O)C1CC1C. The van der Waals surface area contributed by atoms with Gasteiger partial charge in [0.15, 0.2) is 0 Å². The Hall–Kier alpha value is 0.0500. The Kier molecular flexibility index (Phi) is 4.08. The van der Waals surface area contributed by atoms with Crippen LogP contribution in [-0.2, 0) is 4.79 Å². The normalized spacial score (nSPS) is 26.0. The number of amides is 1. The molecule has 14 heavy (non-hydrogen) atoms. The Morgan fingerprint density at radius 1 is 1.50 bits per heavy atom. The van der Waals surface area contributed by atoms with Gasteiger partial charge in [0.2, 0.25) is 5.91 Å². The first-order chi connectivity index (χ1) is 6.58. The lowest BCUT2D eigenvalue weighted by molar-refractivity contribution is -0.124. The van der Waals surface area contributed by atoms with Crippen molar-refractivity contribution in [2.24, 2.45) is 11.8 Å². The van der Waals surface area contributed by atoms with Crippen LogP contribution in [-0.4, -0.2) is 23.2 Å². The average molecular weight is 238 g/mol. The molecule has 0 aromatic carbocycles. The van der Waals surface area contributed by atoms with E-state index in [-0.39, 0.29) is 11.8 Å². The zero-order valence-corrected chi connectivity index (χ0v) is 10.2. The Balaban J connectivity index is 2.50. The van der Waals surface area contributed by atoms with E-state index in [1.165, 1.54) is 0 Å². The van der Waals surface area contributed by atoms with Crippen LogP contribution in [0.5, 0.6) is 0 Å². The van der Waals surface area contributed by atoms with Crippen molar-refractivity contribution < 1.29 is 4.79 Å². The molecule has 2 unspecified atom stereocenters. The molecule has 1 N–H and O–H groups in total. The molecule has 2 nitrogen and oxygen atoms in total. The third-order valence-corrected chi connectivity index (χ3v) is 4.05. The van der Waals surface area contributed by atoms with Crippen LogP contribution in [0.3, 0.4) is 0 Å². The molecule has 1 rings (SSSR count). The topological polar surface area (TPSA) is 29.1 Å². The van der Waals surface area contributed by atoms with Gasteiger partial charge in [0.05, 0.1) is 5.54 Å². The lowest BCUT2D eigenvalue weighted by Gasteiger charge is -2.29. The molecule has 0 bridgehead atoms. The number of carbonyl (C=O) groups is 1. The second kappa shape index (κ2) is 4.71. The van der Waals surface area contributed by atoms with Gasteiger partial charge in [-0.25, -0.2) is 0 Å². The Morgan fingerprint density at radius 2 is 2.00 bits per heavy atom. The van der Waals surface area contributed by atoms with Crippen molar-refractivity contribution in [3.63, 3.8) is 0 Å². The second-order valence-corrected chi connectivity index (χ2v) is 4.74. The summed E-state index contributed by atoms with van der Waals surface area (Å²) in [5.74, 6) is 1.57. The summed E-state index contributed by atoms with van der Waals surface area (Å²) in [6.45, 7) is 4.07. The molecule has 0 aromatic rings. The van der Waals surface area contributed by atoms with Gasteiger partial charge >= 0.3 is 0 Å². The van der Waals surface area contributed by atoms with E-state index in [1.807, 2.05) is 6.92 Å². The molecular weight excluding hydrogens is 221 g/mol. The van der Waals surface area contributed by atoms with Crippen LogP contribution in [0, 0.1) is 11.8 Å². The number of alkyl halides is 2. The van der Waals surface area contributed by atoms with Crippen LogP contribution in [0.25, 0.3) is 0 Å². The summed E-state index contributed by atoms with van der Waals surface area (Å²) in [6, 6.07) is 0. The molecule has 82 valence electrons. The lowest BCUT2D eigenvalue weighted by atomic mass is 10.0. The first-order valence-corrected chi connectivity index (χ1v) is 6.09. The molecule has 4 heteroatoms. The Morgan fingerprint density at radius 3 is 2.29 bits per heavy atom. The van der Waals surface area contributed by atoms with Gasteiger partial charge < -0.3 is 5.32 Å². The van der Waals surface area contributed by atoms with E-state index in [9.17, 15) is 4.79 Å². The van der Waals surface area contributed by atoms with Crippen LogP contribution >= 0.6 is 23.2 Å². The molecule has 1 amide bonds. The van der Waals surface area contributed by atoms with Gasteiger partial charge in [-0.05, 0) is 18.8 Å². The van der Waals surface area contributed by atoms with E-state index in [1.54, 1.807) is 0 Å². The predicted octanol–water partition coefficient (Wildman–Crippen LogP) is 2.39. The Labute approximate surface area is 95.3 Å². The zero-order chi connectivity index (χ0) is 10.8. The van der Waals surface area contributed by atoms with Crippen LogP contribution in [0.1, 0.15) is 26.7 Å². The van der Waals surface area contributed by atoms with Gasteiger partial charge in [0.25, 0.3) is 0 Å². The third-order valence-electron chi connectivity index (χ3n) is 3.02. The standard InChI is InChI=1S/C10H17Cl2NO/c1-3-10(5-11,6-12)13-9(14)8-4-7(8)2/h7-8H,3-6H2,1-2H3,(H,13,14). The molecule has 1 fully saturated rings. The van der Waals surface area contributed by atoms with Crippen LogP contribution in [0.15, 0.2) is 0 Å². The van der Waals surface area contributed by atoms with E-state index < -0.39 is 5.54 Å². The molecule has 0 aromatic heterocycles. The van der Waals surface area contributed by atoms with E-state index >= 15 is 0 Å². The molecular formula is C10H17Cl2NO. The second-order valence-electron chi connectivity index (χ2n) is 4.21. The molecule has 0 spiro atoms. The Bertz CT molecular complexity index is 208. The van der Waals surface area contributed by atoms with E-state index in [0.29, 0.717) is 17.7 Å². The van der Waals surface area contributed by atoms with E-state index in [2.05, 4.69) is 12.2 Å². The third kappa shape index (κ3) is 2.54. The molecule has 0 saturated heterocycles. The molecule has 0 radical (unpaired) electrons. The molecule has 1 aliphatic carbocycles. The minimum atomic E-state index is -0.414. The summed E-state index contributed by atoms with van der Waals surface area (Å²) in [5.41, 5.74) is -0.414. The van der Waals surface area contributed by atoms with Crippen molar-refractivity contribution in [1.82, 2.24) is 5.32 Å². The van der Waals surface area contributed by atoms with Gasteiger partial charge in [0, 0.05) is 17.7 Å². The number of carbonyl (C=O) groups excluding carboxylic acids is 1. The molecule has 2 atom stereocenters.